The van der Waals surface area contributed by atoms with E-state index in [2.05, 4.69) is 20.8 Å². The summed E-state index contributed by atoms with van der Waals surface area (Å²) in [5.74, 6) is 4.38. The van der Waals surface area contributed by atoms with E-state index in [1.54, 1.807) is 0 Å². The summed E-state index contributed by atoms with van der Waals surface area (Å²) in [7, 11) is 0. The second kappa shape index (κ2) is 5.30. The lowest BCUT2D eigenvalue weighted by atomic mass is 9.93. The number of amides is 1. The molecule has 0 aromatic carbocycles. The molecule has 2 nitrogen and oxygen atoms in total. The third-order valence-electron chi connectivity index (χ3n) is 6.64. The number of carbonyl (C=O) groups excluding carboxylic acids is 1. The minimum Gasteiger partial charge on any atom is -0.339 e. The zero-order valence-corrected chi connectivity index (χ0v) is 13.9. The molecule has 4 rings (SSSR count). The van der Waals surface area contributed by atoms with Gasteiger partial charge in [0.05, 0.1) is 0 Å². The van der Waals surface area contributed by atoms with Gasteiger partial charge in [-0.2, -0.15) is 0 Å². The maximum Gasteiger partial charge on any atom is 0.226 e. The number of carbonyl (C=O) groups is 1. The number of hydrogen-bond acceptors (Lipinski definition) is 1. The van der Waals surface area contributed by atoms with Crippen molar-refractivity contribution in [3.05, 3.63) is 0 Å². The molecule has 4 saturated carbocycles. The average molecular weight is 340 g/mol. The molecule has 0 saturated heterocycles. The van der Waals surface area contributed by atoms with E-state index < -0.39 is 0 Å². The normalized spacial score (nSPS) is 42.5. The van der Waals surface area contributed by atoms with Gasteiger partial charge in [-0.05, 0) is 55.8 Å². The molecule has 4 aliphatic carbocycles. The van der Waals surface area contributed by atoms with E-state index in [-0.39, 0.29) is 0 Å². The van der Waals surface area contributed by atoms with E-state index in [0.717, 1.165) is 35.5 Å². The summed E-state index contributed by atoms with van der Waals surface area (Å²) in [6.45, 7) is 0.925. The zero-order chi connectivity index (χ0) is 13.7. The predicted octanol–water partition coefficient (Wildman–Crippen LogP) is 3.83. The van der Waals surface area contributed by atoms with Crippen LogP contribution in [0.25, 0.3) is 0 Å². The third-order valence-corrected chi connectivity index (χ3v) is 7.00. The van der Waals surface area contributed by atoms with Gasteiger partial charge in [-0.15, -0.1) is 0 Å². The van der Waals surface area contributed by atoms with Crippen LogP contribution in [0.4, 0.5) is 0 Å². The van der Waals surface area contributed by atoms with Gasteiger partial charge < -0.3 is 4.90 Å². The zero-order valence-electron chi connectivity index (χ0n) is 12.3. The van der Waals surface area contributed by atoms with E-state index >= 15 is 0 Å². The van der Waals surface area contributed by atoms with Crippen LogP contribution in [0, 0.1) is 29.6 Å². The third kappa shape index (κ3) is 2.07. The van der Waals surface area contributed by atoms with Crippen LogP contribution in [0.15, 0.2) is 0 Å². The molecular weight excluding hydrogens is 314 g/mol. The van der Waals surface area contributed by atoms with Gasteiger partial charge in [0.2, 0.25) is 5.91 Å². The van der Waals surface area contributed by atoms with Crippen molar-refractivity contribution in [1.82, 2.24) is 4.90 Å². The first kappa shape index (κ1) is 13.6. The van der Waals surface area contributed by atoms with Crippen molar-refractivity contribution in [1.29, 1.82) is 0 Å². The Hall–Kier alpha value is -0.0500. The van der Waals surface area contributed by atoms with Crippen LogP contribution >= 0.6 is 15.9 Å². The molecule has 1 amide bonds. The second-order valence-corrected chi connectivity index (χ2v) is 8.32. The highest BCUT2D eigenvalue weighted by Gasteiger charge is 2.68. The molecule has 0 radical (unpaired) electrons. The van der Waals surface area contributed by atoms with Crippen LogP contribution in [0.5, 0.6) is 0 Å². The summed E-state index contributed by atoms with van der Waals surface area (Å²) in [6, 6.07) is 0.549. The smallest absolute Gasteiger partial charge is 0.226 e. The molecule has 2 bridgehead atoms. The fourth-order valence-corrected chi connectivity index (χ4v) is 6.19. The van der Waals surface area contributed by atoms with Crippen LogP contribution in [-0.4, -0.2) is 28.7 Å². The Labute approximate surface area is 130 Å². The van der Waals surface area contributed by atoms with Gasteiger partial charge in [-0.25, -0.2) is 0 Å². The first-order valence-corrected chi connectivity index (χ1v) is 9.80. The molecule has 4 atom stereocenters. The Bertz CT molecular complexity index is 376. The molecule has 112 valence electrons. The maximum absolute atomic E-state index is 13.0. The summed E-state index contributed by atoms with van der Waals surface area (Å²) in [5, 5.41) is 0.935. The van der Waals surface area contributed by atoms with Crippen molar-refractivity contribution in [2.24, 2.45) is 29.6 Å². The van der Waals surface area contributed by atoms with Gasteiger partial charge in [0.1, 0.15) is 0 Å². The van der Waals surface area contributed by atoms with E-state index in [9.17, 15) is 4.79 Å². The predicted molar refractivity (Wildman–Crippen MR) is 83.7 cm³/mol. The van der Waals surface area contributed by atoms with Gasteiger partial charge in [-0.3, -0.25) is 4.79 Å². The molecule has 4 fully saturated rings. The summed E-state index contributed by atoms with van der Waals surface area (Å²) in [6.07, 6.45) is 10.8. The molecular formula is C17H26BrNO. The molecule has 4 unspecified atom stereocenters. The molecule has 0 aliphatic heterocycles. The van der Waals surface area contributed by atoms with Crippen molar-refractivity contribution < 1.29 is 4.79 Å². The molecule has 0 spiro atoms. The second-order valence-electron chi connectivity index (χ2n) is 7.53. The summed E-state index contributed by atoms with van der Waals surface area (Å²) in [4.78, 5) is 15.3. The van der Waals surface area contributed by atoms with Crippen molar-refractivity contribution >= 4 is 21.8 Å². The number of alkyl halides is 1. The van der Waals surface area contributed by atoms with Crippen LogP contribution in [0.2, 0.25) is 0 Å². The van der Waals surface area contributed by atoms with Gasteiger partial charge in [-0.1, -0.05) is 35.2 Å². The number of hydrogen-bond donors (Lipinski definition) is 0. The number of fused-ring (bicyclic) bond motifs is 5. The minimum absolute atomic E-state index is 0.433. The van der Waals surface area contributed by atoms with E-state index in [1.165, 1.54) is 51.4 Å². The maximum atomic E-state index is 13.0. The lowest BCUT2D eigenvalue weighted by molar-refractivity contribution is -0.136. The van der Waals surface area contributed by atoms with Crippen molar-refractivity contribution in [3.8, 4) is 0 Å². The molecule has 20 heavy (non-hydrogen) atoms. The van der Waals surface area contributed by atoms with Crippen molar-refractivity contribution in [3.63, 3.8) is 0 Å². The highest BCUT2D eigenvalue weighted by molar-refractivity contribution is 9.09. The SMILES string of the molecule is O=C(C1C2C3CCC(C3)C12)N(CCBr)C1CCCCC1. The Balaban J connectivity index is 1.45. The highest BCUT2D eigenvalue weighted by atomic mass is 79.9. The van der Waals surface area contributed by atoms with Gasteiger partial charge in [0.25, 0.3) is 0 Å². The quantitative estimate of drug-likeness (QED) is 0.712. The highest BCUT2D eigenvalue weighted by Crippen LogP contribution is 2.69. The van der Waals surface area contributed by atoms with Gasteiger partial charge in [0, 0.05) is 23.8 Å². The Morgan fingerprint density at radius 3 is 2.25 bits per heavy atom. The van der Waals surface area contributed by atoms with E-state index in [0.29, 0.717) is 17.9 Å². The van der Waals surface area contributed by atoms with Gasteiger partial charge in [0.15, 0.2) is 0 Å². The lowest BCUT2D eigenvalue weighted by Crippen LogP contribution is -2.44. The molecule has 0 aromatic rings. The Morgan fingerprint density at radius 2 is 1.65 bits per heavy atom. The fraction of sp³-hybridized carbons (Fsp3) is 0.941. The van der Waals surface area contributed by atoms with Crippen LogP contribution < -0.4 is 0 Å². The fourth-order valence-electron chi connectivity index (χ4n) is 5.80. The molecule has 0 aromatic heterocycles. The summed E-state index contributed by atoms with van der Waals surface area (Å²) >= 11 is 3.56. The molecule has 0 heterocycles. The average Bonchev–Trinajstić information content (AvgIpc) is 2.92. The first-order valence-electron chi connectivity index (χ1n) is 8.67. The summed E-state index contributed by atoms with van der Waals surface area (Å²) < 4.78 is 0. The Kier molecular flexibility index (Phi) is 3.60. The molecule has 3 heteroatoms. The monoisotopic (exact) mass is 339 g/mol. The molecule has 4 aliphatic rings. The summed E-state index contributed by atoms with van der Waals surface area (Å²) in [5.41, 5.74) is 0. The number of nitrogens with zero attached hydrogens (tertiary/aromatic N) is 1. The number of rotatable bonds is 4. The number of halogens is 1. The van der Waals surface area contributed by atoms with Crippen LogP contribution in [0.1, 0.15) is 51.4 Å². The largest absolute Gasteiger partial charge is 0.339 e. The minimum atomic E-state index is 0.433. The van der Waals surface area contributed by atoms with Gasteiger partial charge >= 0.3 is 0 Å². The standard InChI is InChI=1S/C17H26BrNO/c18-8-9-19(13-4-2-1-3-5-13)17(20)16-14-11-6-7-12(10-11)15(14)16/h11-16H,1-10H2. The molecule has 0 N–H and O–H groups in total. The lowest BCUT2D eigenvalue weighted by Gasteiger charge is -2.35. The van der Waals surface area contributed by atoms with Crippen LogP contribution in [-0.2, 0) is 4.79 Å². The van der Waals surface area contributed by atoms with Crippen molar-refractivity contribution in [2.75, 3.05) is 11.9 Å². The van der Waals surface area contributed by atoms with Crippen LogP contribution in [0.3, 0.4) is 0 Å². The van der Waals surface area contributed by atoms with E-state index in [1.807, 2.05) is 0 Å². The van der Waals surface area contributed by atoms with Crippen molar-refractivity contribution in [2.45, 2.75) is 57.4 Å². The Morgan fingerprint density at radius 1 is 1.00 bits per heavy atom. The first-order chi connectivity index (χ1) is 9.81. The topological polar surface area (TPSA) is 20.3 Å². The van der Waals surface area contributed by atoms with E-state index in [4.69, 9.17) is 0 Å².